The third-order valence-corrected chi connectivity index (χ3v) is 9.49. The molecular formula is C21H32O4. The van der Waals surface area contributed by atoms with Crippen LogP contribution in [0, 0.1) is 40.4 Å². The van der Waals surface area contributed by atoms with Crippen LogP contribution in [0.1, 0.15) is 65.2 Å². The first-order valence-corrected chi connectivity index (χ1v) is 10.4. The van der Waals surface area contributed by atoms with Gasteiger partial charge < -0.3 is 14.9 Å². The van der Waals surface area contributed by atoms with E-state index in [0.29, 0.717) is 48.9 Å². The van der Waals surface area contributed by atoms with E-state index in [4.69, 9.17) is 4.74 Å². The molecule has 5 rings (SSSR count). The molecule has 0 unspecified atom stereocenters. The van der Waals surface area contributed by atoms with Gasteiger partial charge in [-0.3, -0.25) is 4.79 Å². The van der Waals surface area contributed by atoms with Crippen LogP contribution in [-0.4, -0.2) is 34.5 Å². The molecule has 5 fully saturated rings. The number of hydrogen-bond acceptors (Lipinski definition) is 4. The predicted molar refractivity (Wildman–Crippen MR) is 92.5 cm³/mol. The van der Waals surface area contributed by atoms with E-state index in [1.54, 1.807) is 0 Å². The number of hydrogen-bond donors (Lipinski definition) is 2. The van der Waals surface area contributed by atoms with Crippen LogP contribution in [0.2, 0.25) is 0 Å². The third-order valence-electron chi connectivity index (χ3n) is 9.49. The smallest absolute Gasteiger partial charge is 0.192 e. The summed E-state index contributed by atoms with van der Waals surface area (Å²) in [7, 11) is 0. The number of Topliss-reactive ketones (excluding diaryl/α,β-unsaturated/α-hetero) is 1. The molecule has 0 aromatic rings. The van der Waals surface area contributed by atoms with E-state index in [0.717, 1.165) is 32.1 Å². The SMILES string of the molecule is CC[C@H]1C(=O)C[C@H]2[C@H]3CC[C@@H]4C[C@@H](O)[C@]5(O)C[C@]4(CO5)[C@@H]3CC[C@@]12C. The van der Waals surface area contributed by atoms with Gasteiger partial charge in [-0.05, 0) is 67.6 Å². The van der Waals surface area contributed by atoms with Crippen molar-refractivity contribution in [2.75, 3.05) is 6.61 Å². The van der Waals surface area contributed by atoms with E-state index in [2.05, 4.69) is 13.8 Å². The molecule has 9 atom stereocenters. The van der Waals surface area contributed by atoms with Crippen molar-refractivity contribution in [2.45, 2.75) is 77.1 Å². The van der Waals surface area contributed by atoms with Crippen molar-refractivity contribution in [3.8, 4) is 0 Å². The second-order valence-electron chi connectivity index (χ2n) is 10.1. The van der Waals surface area contributed by atoms with Gasteiger partial charge in [-0.1, -0.05) is 13.8 Å². The molecule has 2 bridgehead atoms. The molecule has 0 aromatic carbocycles. The minimum absolute atomic E-state index is 0.0333. The Bertz CT molecular complexity index is 605. The van der Waals surface area contributed by atoms with Crippen molar-refractivity contribution < 1.29 is 19.7 Å². The second kappa shape index (κ2) is 5.08. The van der Waals surface area contributed by atoms with E-state index in [1.165, 1.54) is 6.42 Å². The summed E-state index contributed by atoms with van der Waals surface area (Å²) in [5, 5.41) is 21.1. The summed E-state index contributed by atoms with van der Waals surface area (Å²) in [6.45, 7) is 5.15. The summed E-state index contributed by atoms with van der Waals surface area (Å²) in [6.07, 6.45) is 6.89. The van der Waals surface area contributed by atoms with E-state index >= 15 is 0 Å². The van der Waals surface area contributed by atoms with Crippen molar-refractivity contribution >= 4 is 5.78 Å². The topological polar surface area (TPSA) is 66.8 Å². The van der Waals surface area contributed by atoms with Crippen LogP contribution in [0.5, 0.6) is 0 Å². The van der Waals surface area contributed by atoms with E-state index in [-0.39, 0.29) is 16.7 Å². The highest BCUT2D eigenvalue weighted by atomic mass is 16.6. The Morgan fingerprint density at radius 3 is 2.80 bits per heavy atom. The molecule has 1 saturated heterocycles. The fourth-order valence-corrected chi connectivity index (χ4v) is 8.33. The first kappa shape index (κ1) is 16.7. The van der Waals surface area contributed by atoms with Gasteiger partial charge in [-0.15, -0.1) is 0 Å². The highest BCUT2D eigenvalue weighted by Gasteiger charge is 2.68. The Labute approximate surface area is 150 Å². The predicted octanol–water partition coefficient (Wildman–Crippen LogP) is 2.90. The van der Waals surface area contributed by atoms with Gasteiger partial charge in [-0.25, -0.2) is 0 Å². The van der Waals surface area contributed by atoms with Gasteiger partial charge in [0.1, 0.15) is 11.9 Å². The van der Waals surface area contributed by atoms with E-state index in [1.807, 2.05) is 0 Å². The lowest BCUT2D eigenvalue weighted by molar-refractivity contribution is -0.242. The van der Waals surface area contributed by atoms with Crippen LogP contribution in [-0.2, 0) is 9.53 Å². The van der Waals surface area contributed by atoms with Gasteiger partial charge in [-0.2, -0.15) is 0 Å². The Hall–Kier alpha value is -0.450. The first-order chi connectivity index (χ1) is 11.8. The van der Waals surface area contributed by atoms with Crippen LogP contribution in [0.4, 0.5) is 0 Å². The fourth-order valence-electron chi connectivity index (χ4n) is 8.33. The first-order valence-electron chi connectivity index (χ1n) is 10.4. The summed E-state index contributed by atoms with van der Waals surface area (Å²) in [5.41, 5.74) is 0.214. The zero-order valence-corrected chi connectivity index (χ0v) is 15.5. The molecule has 4 saturated carbocycles. The number of aliphatic hydroxyl groups is 2. The minimum atomic E-state index is -1.32. The van der Waals surface area contributed by atoms with Gasteiger partial charge in [0.05, 0.1) is 6.61 Å². The zero-order chi connectivity index (χ0) is 17.6. The van der Waals surface area contributed by atoms with Crippen LogP contribution in [0.3, 0.4) is 0 Å². The maximum absolute atomic E-state index is 12.7. The standard InChI is InChI=1S/C21H32O4/c1-3-14-17(22)9-16-13-5-4-12-8-18(23)21(24)10-20(12,11-25-21)15(13)6-7-19(14,16)2/h12-16,18,23-24H,3-11H2,1-2H3/t12-,13+,14+,15-,16+,18-,19+,20-,21+/m1/s1. The molecule has 4 nitrogen and oxygen atoms in total. The van der Waals surface area contributed by atoms with Crippen molar-refractivity contribution in [1.82, 2.24) is 0 Å². The minimum Gasteiger partial charge on any atom is -0.388 e. The third kappa shape index (κ3) is 1.92. The Balaban J connectivity index is 1.50. The molecule has 4 aliphatic carbocycles. The van der Waals surface area contributed by atoms with Crippen LogP contribution >= 0.6 is 0 Å². The number of rotatable bonds is 1. The number of carbonyl (C=O) groups excluding carboxylic acids is 1. The van der Waals surface area contributed by atoms with Gasteiger partial charge in [0.25, 0.3) is 0 Å². The van der Waals surface area contributed by atoms with Crippen molar-refractivity contribution in [3.63, 3.8) is 0 Å². The molecular weight excluding hydrogens is 316 g/mol. The van der Waals surface area contributed by atoms with E-state index in [9.17, 15) is 15.0 Å². The van der Waals surface area contributed by atoms with Crippen LogP contribution < -0.4 is 0 Å². The molecule has 140 valence electrons. The number of carbonyl (C=O) groups is 1. The Kier molecular flexibility index (Phi) is 3.39. The van der Waals surface area contributed by atoms with Crippen molar-refractivity contribution in [2.24, 2.45) is 40.4 Å². The molecule has 1 heterocycles. The zero-order valence-electron chi connectivity index (χ0n) is 15.5. The maximum atomic E-state index is 12.7. The molecule has 25 heavy (non-hydrogen) atoms. The lowest BCUT2D eigenvalue weighted by Gasteiger charge is -2.60. The van der Waals surface area contributed by atoms with Gasteiger partial charge >= 0.3 is 0 Å². The number of ether oxygens (including phenoxy) is 1. The van der Waals surface area contributed by atoms with E-state index < -0.39 is 11.9 Å². The monoisotopic (exact) mass is 348 g/mol. The summed E-state index contributed by atoms with van der Waals surface area (Å²) < 4.78 is 5.82. The number of fused-ring (bicyclic) bond motifs is 4. The lowest BCUT2D eigenvalue weighted by atomic mass is 9.44. The number of ketones is 1. The molecule has 2 N–H and O–H groups in total. The molecule has 1 aliphatic heterocycles. The van der Waals surface area contributed by atoms with Crippen molar-refractivity contribution in [1.29, 1.82) is 0 Å². The van der Waals surface area contributed by atoms with Gasteiger partial charge in [0, 0.05) is 24.2 Å². The molecule has 0 radical (unpaired) electrons. The van der Waals surface area contributed by atoms with Crippen LogP contribution in [0.15, 0.2) is 0 Å². The molecule has 0 amide bonds. The quantitative estimate of drug-likeness (QED) is 0.765. The largest absolute Gasteiger partial charge is 0.388 e. The molecule has 1 spiro atoms. The highest BCUT2D eigenvalue weighted by Crippen LogP contribution is 2.69. The lowest BCUT2D eigenvalue weighted by Crippen LogP contribution is -2.58. The highest BCUT2D eigenvalue weighted by molar-refractivity contribution is 5.84. The average Bonchev–Trinajstić information content (AvgIpc) is 3.02. The Morgan fingerprint density at radius 1 is 1.24 bits per heavy atom. The maximum Gasteiger partial charge on any atom is 0.192 e. The molecule has 5 aliphatic rings. The average molecular weight is 348 g/mol. The molecule has 4 heteroatoms. The number of aliphatic hydroxyl groups excluding tert-OH is 1. The van der Waals surface area contributed by atoms with Gasteiger partial charge in [0.2, 0.25) is 0 Å². The summed E-state index contributed by atoms with van der Waals surface area (Å²) in [6, 6.07) is 0. The second-order valence-corrected chi connectivity index (χ2v) is 10.1. The summed E-state index contributed by atoms with van der Waals surface area (Å²) >= 11 is 0. The normalized spacial score (nSPS) is 60.1. The summed E-state index contributed by atoms with van der Waals surface area (Å²) in [5.74, 6) is 1.55. The molecule has 0 aromatic heterocycles. The summed E-state index contributed by atoms with van der Waals surface area (Å²) in [4.78, 5) is 12.7. The Morgan fingerprint density at radius 2 is 2.04 bits per heavy atom. The van der Waals surface area contributed by atoms with Crippen LogP contribution in [0.25, 0.3) is 0 Å². The van der Waals surface area contributed by atoms with Gasteiger partial charge in [0.15, 0.2) is 5.79 Å². The fraction of sp³-hybridized carbons (Fsp3) is 0.952. The van der Waals surface area contributed by atoms with Crippen molar-refractivity contribution in [3.05, 3.63) is 0 Å².